The fraction of sp³-hybridized carbons (Fsp3) is 0.667. The predicted octanol–water partition coefficient (Wildman–Crippen LogP) is 3.87. The van der Waals surface area contributed by atoms with Gasteiger partial charge in [0.05, 0.1) is 0 Å². The summed E-state index contributed by atoms with van der Waals surface area (Å²) in [6.45, 7) is 9.40. The van der Waals surface area contributed by atoms with E-state index in [2.05, 4.69) is 47.9 Å². The predicted molar refractivity (Wildman–Crippen MR) is 86.6 cm³/mol. The second-order valence-corrected chi connectivity index (χ2v) is 6.71. The van der Waals surface area contributed by atoms with Crippen LogP contribution in [0.15, 0.2) is 24.3 Å². The molecular formula is C18H28N2. The van der Waals surface area contributed by atoms with Crippen molar-refractivity contribution in [2.75, 3.05) is 31.1 Å². The highest BCUT2D eigenvalue weighted by molar-refractivity contribution is 5.48. The first-order valence-corrected chi connectivity index (χ1v) is 8.33. The quantitative estimate of drug-likeness (QED) is 0.824. The lowest BCUT2D eigenvalue weighted by molar-refractivity contribution is 0.187. The van der Waals surface area contributed by atoms with Crippen LogP contribution in [0.5, 0.6) is 0 Å². The summed E-state index contributed by atoms with van der Waals surface area (Å²) >= 11 is 0. The maximum atomic E-state index is 2.73. The number of hydrogen-bond donors (Lipinski definition) is 0. The van der Waals surface area contributed by atoms with Gasteiger partial charge < -0.3 is 4.90 Å². The highest BCUT2D eigenvalue weighted by atomic mass is 15.3. The first-order valence-electron chi connectivity index (χ1n) is 8.33. The van der Waals surface area contributed by atoms with E-state index in [-0.39, 0.29) is 0 Å². The molecule has 1 saturated carbocycles. The van der Waals surface area contributed by atoms with Crippen molar-refractivity contribution in [3.63, 3.8) is 0 Å². The first-order chi connectivity index (χ1) is 9.74. The van der Waals surface area contributed by atoms with E-state index in [1.54, 1.807) is 0 Å². The van der Waals surface area contributed by atoms with Gasteiger partial charge in [-0.1, -0.05) is 38.8 Å². The Balaban J connectivity index is 1.57. The largest absolute Gasteiger partial charge is 0.369 e. The first kappa shape index (κ1) is 13.9. The second-order valence-electron chi connectivity index (χ2n) is 6.71. The van der Waals surface area contributed by atoms with Crippen LogP contribution in [0.4, 0.5) is 5.69 Å². The summed E-state index contributed by atoms with van der Waals surface area (Å²) in [5.41, 5.74) is 2.85. The number of piperazine rings is 1. The van der Waals surface area contributed by atoms with Crippen molar-refractivity contribution in [1.82, 2.24) is 4.90 Å². The molecule has 1 aliphatic heterocycles. The molecule has 1 aromatic rings. The summed E-state index contributed by atoms with van der Waals surface area (Å²) in [6.07, 6.45) is 5.76. The number of benzene rings is 1. The zero-order valence-electron chi connectivity index (χ0n) is 13.0. The molecule has 0 bridgehead atoms. The molecule has 2 heteroatoms. The van der Waals surface area contributed by atoms with E-state index in [4.69, 9.17) is 0 Å². The Bertz CT molecular complexity index is 410. The van der Waals surface area contributed by atoms with Gasteiger partial charge in [-0.15, -0.1) is 0 Å². The van der Waals surface area contributed by atoms with Gasteiger partial charge >= 0.3 is 0 Å². The fourth-order valence-corrected chi connectivity index (χ4v) is 3.68. The lowest BCUT2D eigenvalue weighted by Gasteiger charge is -2.39. The summed E-state index contributed by atoms with van der Waals surface area (Å²) in [5, 5.41) is 0. The molecule has 0 amide bonds. The van der Waals surface area contributed by atoms with Crippen LogP contribution < -0.4 is 4.90 Å². The summed E-state index contributed by atoms with van der Waals surface area (Å²) in [6, 6.07) is 10.1. The average molecular weight is 272 g/mol. The van der Waals surface area contributed by atoms with Gasteiger partial charge in [-0.05, 0) is 36.5 Å². The number of hydrogen-bond acceptors (Lipinski definition) is 2. The van der Waals surface area contributed by atoms with Crippen LogP contribution in [-0.2, 0) is 0 Å². The Kier molecular flexibility index (Phi) is 4.30. The summed E-state index contributed by atoms with van der Waals surface area (Å²) in [5.74, 6) is 0.628. The van der Waals surface area contributed by atoms with E-state index in [9.17, 15) is 0 Å². The lowest BCUT2D eigenvalue weighted by atomic mass is 10.0. The van der Waals surface area contributed by atoms with E-state index in [0.717, 1.165) is 6.04 Å². The van der Waals surface area contributed by atoms with Crippen molar-refractivity contribution in [1.29, 1.82) is 0 Å². The SMILES string of the molecule is CC(C)c1ccc(N2CCN(C3CCCC3)CC2)cc1. The van der Waals surface area contributed by atoms with Gasteiger partial charge in [0.1, 0.15) is 0 Å². The zero-order chi connectivity index (χ0) is 13.9. The molecular weight excluding hydrogens is 244 g/mol. The molecule has 110 valence electrons. The molecule has 0 N–H and O–H groups in total. The van der Waals surface area contributed by atoms with Crippen molar-refractivity contribution in [3.8, 4) is 0 Å². The lowest BCUT2D eigenvalue weighted by Crippen LogP contribution is -2.49. The van der Waals surface area contributed by atoms with Gasteiger partial charge in [0.25, 0.3) is 0 Å². The minimum Gasteiger partial charge on any atom is -0.369 e. The highest BCUT2D eigenvalue weighted by Gasteiger charge is 2.26. The molecule has 0 radical (unpaired) electrons. The molecule has 0 unspecified atom stereocenters. The van der Waals surface area contributed by atoms with E-state index in [1.807, 2.05) is 0 Å². The van der Waals surface area contributed by atoms with Crippen molar-refractivity contribution >= 4 is 5.69 Å². The Hall–Kier alpha value is -1.02. The smallest absolute Gasteiger partial charge is 0.0367 e. The van der Waals surface area contributed by atoms with E-state index in [0.29, 0.717) is 5.92 Å². The standard InChI is InChI=1S/C18H28N2/c1-15(2)16-7-9-18(10-8-16)20-13-11-19(12-14-20)17-5-3-4-6-17/h7-10,15,17H,3-6,11-14H2,1-2H3. The van der Waals surface area contributed by atoms with Gasteiger partial charge in [0.15, 0.2) is 0 Å². The van der Waals surface area contributed by atoms with Crippen molar-refractivity contribution < 1.29 is 0 Å². The van der Waals surface area contributed by atoms with Gasteiger partial charge in [0.2, 0.25) is 0 Å². The van der Waals surface area contributed by atoms with Crippen molar-refractivity contribution in [2.24, 2.45) is 0 Å². The van der Waals surface area contributed by atoms with Gasteiger partial charge in [-0.3, -0.25) is 4.90 Å². The van der Waals surface area contributed by atoms with E-state index in [1.165, 1.54) is 63.1 Å². The molecule has 0 spiro atoms. The van der Waals surface area contributed by atoms with Crippen LogP contribution in [0.25, 0.3) is 0 Å². The highest BCUT2D eigenvalue weighted by Crippen LogP contribution is 2.26. The maximum Gasteiger partial charge on any atom is 0.0367 e. The third-order valence-corrected chi connectivity index (χ3v) is 5.08. The second kappa shape index (κ2) is 6.17. The van der Waals surface area contributed by atoms with Crippen LogP contribution in [0.1, 0.15) is 51.0 Å². The topological polar surface area (TPSA) is 6.48 Å². The minimum absolute atomic E-state index is 0.628. The number of anilines is 1. The van der Waals surface area contributed by atoms with Crippen LogP contribution >= 0.6 is 0 Å². The summed E-state index contributed by atoms with van der Waals surface area (Å²) in [7, 11) is 0. The minimum atomic E-state index is 0.628. The van der Waals surface area contributed by atoms with Crippen LogP contribution in [0.3, 0.4) is 0 Å². The van der Waals surface area contributed by atoms with Crippen LogP contribution in [0.2, 0.25) is 0 Å². The Morgan fingerprint density at radius 1 is 0.900 bits per heavy atom. The van der Waals surface area contributed by atoms with E-state index >= 15 is 0 Å². The zero-order valence-corrected chi connectivity index (χ0v) is 13.0. The van der Waals surface area contributed by atoms with Crippen molar-refractivity contribution in [3.05, 3.63) is 29.8 Å². The average Bonchev–Trinajstić information content (AvgIpc) is 3.02. The molecule has 0 aromatic heterocycles. The third kappa shape index (κ3) is 3.01. The molecule has 1 aromatic carbocycles. The van der Waals surface area contributed by atoms with Gasteiger partial charge in [0, 0.05) is 37.9 Å². The molecule has 1 heterocycles. The van der Waals surface area contributed by atoms with Crippen LogP contribution in [-0.4, -0.2) is 37.1 Å². The molecule has 2 nitrogen and oxygen atoms in total. The summed E-state index contributed by atoms with van der Waals surface area (Å²) in [4.78, 5) is 5.28. The molecule has 2 fully saturated rings. The van der Waals surface area contributed by atoms with Gasteiger partial charge in [-0.2, -0.15) is 0 Å². The molecule has 3 rings (SSSR count). The Morgan fingerprint density at radius 2 is 1.50 bits per heavy atom. The molecule has 1 aliphatic carbocycles. The third-order valence-electron chi connectivity index (χ3n) is 5.08. The number of nitrogens with zero attached hydrogens (tertiary/aromatic N) is 2. The van der Waals surface area contributed by atoms with E-state index < -0.39 is 0 Å². The molecule has 1 saturated heterocycles. The Morgan fingerprint density at radius 3 is 2.05 bits per heavy atom. The molecule has 0 atom stereocenters. The van der Waals surface area contributed by atoms with Crippen LogP contribution in [0, 0.1) is 0 Å². The molecule has 2 aliphatic rings. The fourth-order valence-electron chi connectivity index (χ4n) is 3.68. The van der Waals surface area contributed by atoms with Crippen molar-refractivity contribution in [2.45, 2.75) is 51.5 Å². The molecule has 20 heavy (non-hydrogen) atoms. The monoisotopic (exact) mass is 272 g/mol. The van der Waals surface area contributed by atoms with Gasteiger partial charge in [-0.25, -0.2) is 0 Å². The number of rotatable bonds is 3. The Labute approximate surface area is 123 Å². The summed E-state index contributed by atoms with van der Waals surface area (Å²) < 4.78 is 0. The normalized spacial score (nSPS) is 21.9. The maximum absolute atomic E-state index is 2.73.